The fraction of sp³-hybridized carbons (Fsp3) is 0.462. The molecule has 0 saturated carbocycles. The lowest BCUT2D eigenvalue weighted by Gasteiger charge is -2.19. The summed E-state index contributed by atoms with van der Waals surface area (Å²) < 4.78 is 4.95. The molecule has 2 rings (SSSR count). The van der Waals surface area contributed by atoms with Crippen LogP contribution in [0.15, 0.2) is 27.4 Å². The third-order valence-electron chi connectivity index (χ3n) is 3.05. The van der Waals surface area contributed by atoms with Gasteiger partial charge in [-0.1, -0.05) is 19.4 Å². The standard InChI is InChI=1S/C13H17NO3/c1-3-4-10(8(2)15)9-5-6-12-11(7-9)14-13(16)17-12/h5-8,10,15H,3-4H2,1-2H3,(H,14,16). The molecular formula is C13H17NO3. The highest BCUT2D eigenvalue weighted by molar-refractivity contribution is 5.73. The van der Waals surface area contributed by atoms with Crippen molar-refractivity contribution in [3.63, 3.8) is 0 Å². The molecular weight excluding hydrogens is 218 g/mol. The van der Waals surface area contributed by atoms with E-state index < -0.39 is 11.9 Å². The van der Waals surface area contributed by atoms with Crippen LogP contribution in [0.3, 0.4) is 0 Å². The Labute approximate surface area is 99.3 Å². The van der Waals surface area contributed by atoms with Gasteiger partial charge in [0, 0.05) is 5.92 Å². The van der Waals surface area contributed by atoms with E-state index in [1.54, 1.807) is 13.0 Å². The molecule has 0 aliphatic heterocycles. The van der Waals surface area contributed by atoms with E-state index in [1.165, 1.54) is 0 Å². The highest BCUT2D eigenvalue weighted by Crippen LogP contribution is 2.27. The molecule has 17 heavy (non-hydrogen) atoms. The summed E-state index contributed by atoms with van der Waals surface area (Å²) in [6.45, 7) is 3.89. The SMILES string of the molecule is CCCC(c1ccc2oc(=O)[nH]c2c1)C(C)O. The summed E-state index contributed by atoms with van der Waals surface area (Å²) in [4.78, 5) is 13.7. The van der Waals surface area contributed by atoms with Gasteiger partial charge in [0.15, 0.2) is 5.58 Å². The van der Waals surface area contributed by atoms with Crippen LogP contribution >= 0.6 is 0 Å². The molecule has 4 nitrogen and oxygen atoms in total. The predicted molar refractivity (Wildman–Crippen MR) is 66.2 cm³/mol. The number of H-pyrrole nitrogens is 1. The van der Waals surface area contributed by atoms with Crippen molar-refractivity contribution in [3.8, 4) is 0 Å². The molecule has 0 fully saturated rings. The second-order valence-electron chi connectivity index (χ2n) is 4.41. The summed E-state index contributed by atoms with van der Waals surface area (Å²) in [7, 11) is 0. The first-order valence-corrected chi connectivity index (χ1v) is 5.92. The minimum absolute atomic E-state index is 0.0998. The number of aromatic nitrogens is 1. The van der Waals surface area contributed by atoms with Gasteiger partial charge in [-0.3, -0.25) is 4.98 Å². The molecule has 0 aliphatic carbocycles. The topological polar surface area (TPSA) is 66.2 Å². The van der Waals surface area contributed by atoms with E-state index in [-0.39, 0.29) is 5.92 Å². The number of oxazole rings is 1. The van der Waals surface area contributed by atoms with E-state index in [1.807, 2.05) is 12.1 Å². The lowest BCUT2D eigenvalue weighted by molar-refractivity contribution is 0.157. The van der Waals surface area contributed by atoms with E-state index in [0.717, 1.165) is 18.4 Å². The maximum atomic E-state index is 11.1. The van der Waals surface area contributed by atoms with Crippen molar-refractivity contribution in [2.45, 2.75) is 38.7 Å². The zero-order valence-corrected chi connectivity index (χ0v) is 10.1. The molecule has 1 heterocycles. The van der Waals surface area contributed by atoms with Crippen LogP contribution in [0.4, 0.5) is 0 Å². The van der Waals surface area contributed by atoms with Crippen LogP contribution in [0.25, 0.3) is 11.1 Å². The second-order valence-corrected chi connectivity index (χ2v) is 4.41. The van der Waals surface area contributed by atoms with Crippen molar-refractivity contribution < 1.29 is 9.52 Å². The van der Waals surface area contributed by atoms with Crippen LogP contribution < -0.4 is 5.76 Å². The van der Waals surface area contributed by atoms with E-state index in [9.17, 15) is 9.90 Å². The number of rotatable bonds is 4. The average Bonchev–Trinajstić information content (AvgIpc) is 2.64. The highest BCUT2D eigenvalue weighted by atomic mass is 16.4. The molecule has 0 saturated heterocycles. The van der Waals surface area contributed by atoms with Gasteiger partial charge < -0.3 is 9.52 Å². The van der Waals surface area contributed by atoms with E-state index >= 15 is 0 Å². The van der Waals surface area contributed by atoms with Gasteiger partial charge in [-0.25, -0.2) is 4.79 Å². The fourth-order valence-corrected chi connectivity index (χ4v) is 2.20. The molecule has 2 N–H and O–H groups in total. The Bertz CT molecular complexity index is 553. The summed E-state index contributed by atoms with van der Waals surface area (Å²) in [6, 6.07) is 5.56. The minimum Gasteiger partial charge on any atom is -0.408 e. The molecule has 2 unspecified atom stereocenters. The number of aromatic amines is 1. The van der Waals surface area contributed by atoms with Gasteiger partial charge in [-0.15, -0.1) is 0 Å². The van der Waals surface area contributed by atoms with Gasteiger partial charge in [0.2, 0.25) is 0 Å². The number of benzene rings is 1. The zero-order chi connectivity index (χ0) is 12.4. The van der Waals surface area contributed by atoms with Crippen molar-refractivity contribution in [1.29, 1.82) is 0 Å². The van der Waals surface area contributed by atoms with Crippen molar-refractivity contribution in [1.82, 2.24) is 4.98 Å². The molecule has 1 aromatic heterocycles. The maximum Gasteiger partial charge on any atom is 0.417 e. The van der Waals surface area contributed by atoms with Crippen LogP contribution in [0, 0.1) is 0 Å². The van der Waals surface area contributed by atoms with E-state index in [2.05, 4.69) is 11.9 Å². The number of aliphatic hydroxyl groups is 1. The van der Waals surface area contributed by atoms with Crippen molar-refractivity contribution in [2.75, 3.05) is 0 Å². The third-order valence-corrected chi connectivity index (χ3v) is 3.05. The summed E-state index contributed by atoms with van der Waals surface area (Å²) >= 11 is 0. The van der Waals surface area contributed by atoms with E-state index in [4.69, 9.17) is 4.42 Å². The summed E-state index contributed by atoms with van der Waals surface area (Å²) in [5.41, 5.74) is 2.28. The molecule has 92 valence electrons. The Morgan fingerprint density at radius 1 is 1.47 bits per heavy atom. The van der Waals surface area contributed by atoms with Crippen LogP contribution in [0.1, 0.15) is 38.2 Å². The summed E-state index contributed by atoms with van der Waals surface area (Å²) in [5, 5.41) is 9.78. The van der Waals surface area contributed by atoms with Crippen molar-refractivity contribution >= 4 is 11.1 Å². The number of nitrogens with one attached hydrogen (secondary N) is 1. The summed E-state index contributed by atoms with van der Waals surface area (Å²) in [5.74, 6) is -0.343. The third kappa shape index (κ3) is 2.42. The van der Waals surface area contributed by atoms with Gasteiger partial charge in [0.1, 0.15) is 0 Å². The number of hydrogen-bond donors (Lipinski definition) is 2. The molecule has 2 atom stereocenters. The number of aliphatic hydroxyl groups excluding tert-OH is 1. The van der Waals surface area contributed by atoms with Crippen LogP contribution in [0.2, 0.25) is 0 Å². The molecule has 0 radical (unpaired) electrons. The van der Waals surface area contributed by atoms with Gasteiger partial charge in [0.25, 0.3) is 0 Å². The van der Waals surface area contributed by atoms with Gasteiger partial charge in [-0.05, 0) is 31.0 Å². The normalized spacial score (nSPS) is 15.0. The molecule has 1 aromatic carbocycles. The first-order valence-electron chi connectivity index (χ1n) is 5.92. The Morgan fingerprint density at radius 3 is 2.88 bits per heavy atom. The first-order chi connectivity index (χ1) is 8.11. The Morgan fingerprint density at radius 2 is 2.24 bits per heavy atom. The quantitative estimate of drug-likeness (QED) is 0.855. The molecule has 0 aliphatic rings. The van der Waals surface area contributed by atoms with Gasteiger partial charge in [0.05, 0.1) is 11.6 Å². The lowest BCUT2D eigenvalue weighted by Crippen LogP contribution is -2.14. The largest absolute Gasteiger partial charge is 0.417 e. The monoisotopic (exact) mass is 235 g/mol. The molecule has 0 bridgehead atoms. The fourth-order valence-electron chi connectivity index (χ4n) is 2.20. The molecule has 4 heteroatoms. The average molecular weight is 235 g/mol. The zero-order valence-electron chi connectivity index (χ0n) is 10.1. The Balaban J connectivity index is 2.42. The van der Waals surface area contributed by atoms with Crippen molar-refractivity contribution in [2.24, 2.45) is 0 Å². The lowest BCUT2D eigenvalue weighted by atomic mass is 9.90. The van der Waals surface area contributed by atoms with Crippen molar-refractivity contribution in [3.05, 3.63) is 34.3 Å². The van der Waals surface area contributed by atoms with Crippen LogP contribution in [-0.4, -0.2) is 16.2 Å². The smallest absolute Gasteiger partial charge is 0.408 e. The molecule has 2 aromatic rings. The Hall–Kier alpha value is -1.55. The van der Waals surface area contributed by atoms with Crippen LogP contribution in [0.5, 0.6) is 0 Å². The van der Waals surface area contributed by atoms with E-state index in [0.29, 0.717) is 11.1 Å². The molecule has 0 amide bonds. The Kier molecular flexibility index (Phi) is 3.33. The second kappa shape index (κ2) is 4.75. The molecule has 0 spiro atoms. The highest BCUT2D eigenvalue weighted by Gasteiger charge is 2.17. The number of hydrogen-bond acceptors (Lipinski definition) is 3. The maximum absolute atomic E-state index is 11.1. The summed E-state index contributed by atoms with van der Waals surface area (Å²) in [6.07, 6.45) is 1.53. The number of fused-ring (bicyclic) bond motifs is 1. The van der Waals surface area contributed by atoms with Gasteiger partial charge >= 0.3 is 5.76 Å². The van der Waals surface area contributed by atoms with Gasteiger partial charge in [-0.2, -0.15) is 0 Å². The first kappa shape index (κ1) is 11.9. The minimum atomic E-state index is -0.443. The predicted octanol–water partition coefficient (Wildman–Crippen LogP) is 2.39. The van der Waals surface area contributed by atoms with Crippen LogP contribution in [-0.2, 0) is 0 Å².